The second-order valence-corrected chi connectivity index (χ2v) is 4.77. The van der Waals surface area contributed by atoms with E-state index in [2.05, 4.69) is 9.73 Å². The van der Waals surface area contributed by atoms with Crippen LogP contribution in [-0.4, -0.2) is 10.2 Å². The molecular formula is C9H4F3NO2S2. The van der Waals surface area contributed by atoms with Crippen LogP contribution in [0.15, 0.2) is 21.5 Å². The minimum absolute atomic E-state index is 0.0420. The summed E-state index contributed by atoms with van der Waals surface area (Å²) in [5.74, 6) is -1.58. The summed E-state index contributed by atoms with van der Waals surface area (Å²) in [6.07, 6.45) is -3.31. The third-order valence-corrected chi connectivity index (χ3v) is 2.98. The number of hydrogen-bond donors (Lipinski definition) is 1. The van der Waals surface area contributed by atoms with Crippen molar-refractivity contribution in [1.29, 1.82) is 0 Å². The Kier molecular flexibility index (Phi) is 3.00. The molecule has 0 saturated carbocycles. The van der Waals surface area contributed by atoms with E-state index in [-0.39, 0.29) is 15.0 Å². The maximum Gasteiger partial charge on any atom is 0.449 e. The Morgan fingerprint density at radius 1 is 1.41 bits per heavy atom. The molecule has 17 heavy (non-hydrogen) atoms. The van der Waals surface area contributed by atoms with Crippen molar-refractivity contribution in [1.82, 2.24) is 5.32 Å². The van der Waals surface area contributed by atoms with Gasteiger partial charge < -0.3 is 9.73 Å². The van der Waals surface area contributed by atoms with Crippen molar-refractivity contribution in [2.75, 3.05) is 0 Å². The first-order chi connectivity index (χ1) is 7.86. The second-order valence-electron chi connectivity index (χ2n) is 3.05. The van der Waals surface area contributed by atoms with Gasteiger partial charge in [-0.2, -0.15) is 13.2 Å². The van der Waals surface area contributed by atoms with Crippen molar-refractivity contribution in [3.05, 3.63) is 28.6 Å². The molecule has 2 heterocycles. The summed E-state index contributed by atoms with van der Waals surface area (Å²) in [4.78, 5) is 11.4. The number of hydrogen-bond acceptors (Lipinski definition) is 4. The molecule has 1 N–H and O–H groups in total. The molecule has 1 aliphatic heterocycles. The van der Waals surface area contributed by atoms with Crippen LogP contribution in [0.4, 0.5) is 13.2 Å². The molecule has 0 aromatic carbocycles. The fourth-order valence-corrected chi connectivity index (χ4v) is 2.16. The number of alkyl halides is 3. The van der Waals surface area contributed by atoms with Crippen LogP contribution in [0.2, 0.25) is 0 Å². The van der Waals surface area contributed by atoms with Crippen LogP contribution < -0.4 is 5.32 Å². The number of rotatable bonds is 1. The predicted molar refractivity (Wildman–Crippen MR) is 60.0 cm³/mol. The summed E-state index contributed by atoms with van der Waals surface area (Å²) in [5, 5.41) is 2.35. The third-order valence-electron chi connectivity index (χ3n) is 1.82. The first-order valence-electron chi connectivity index (χ1n) is 4.28. The maximum absolute atomic E-state index is 12.2. The van der Waals surface area contributed by atoms with Gasteiger partial charge in [0.25, 0.3) is 5.91 Å². The van der Waals surface area contributed by atoms with Gasteiger partial charge in [-0.1, -0.05) is 24.0 Å². The van der Waals surface area contributed by atoms with Crippen molar-refractivity contribution in [2.45, 2.75) is 6.18 Å². The molecule has 90 valence electrons. The highest BCUT2D eigenvalue weighted by molar-refractivity contribution is 8.26. The summed E-state index contributed by atoms with van der Waals surface area (Å²) >= 11 is 5.71. The third kappa shape index (κ3) is 2.70. The molecule has 0 aliphatic carbocycles. The van der Waals surface area contributed by atoms with Crippen molar-refractivity contribution < 1.29 is 22.4 Å². The molecule has 1 aromatic rings. The largest absolute Gasteiger partial charge is 0.452 e. The molecule has 3 nitrogen and oxygen atoms in total. The number of nitrogens with one attached hydrogen (secondary N) is 1. The monoisotopic (exact) mass is 279 g/mol. The molecule has 1 aromatic heterocycles. The molecule has 1 fully saturated rings. The summed E-state index contributed by atoms with van der Waals surface area (Å²) in [6, 6.07) is 1.95. The van der Waals surface area contributed by atoms with Gasteiger partial charge in [-0.05, 0) is 12.1 Å². The van der Waals surface area contributed by atoms with E-state index in [0.717, 1.165) is 23.9 Å². The van der Waals surface area contributed by atoms with E-state index in [1.54, 1.807) is 0 Å². The van der Waals surface area contributed by atoms with Gasteiger partial charge in [0.05, 0.1) is 4.91 Å². The molecule has 8 heteroatoms. The summed E-state index contributed by atoms with van der Waals surface area (Å²) in [7, 11) is 0. The average molecular weight is 279 g/mol. The Morgan fingerprint density at radius 3 is 2.59 bits per heavy atom. The lowest BCUT2D eigenvalue weighted by atomic mass is 10.3. The van der Waals surface area contributed by atoms with Gasteiger partial charge in [0.15, 0.2) is 0 Å². The first-order valence-corrected chi connectivity index (χ1v) is 5.50. The number of carbonyl (C=O) groups is 1. The van der Waals surface area contributed by atoms with E-state index in [1.165, 1.54) is 6.08 Å². The lowest BCUT2D eigenvalue weighted by molar-refractivity contribution is -0.153. The lowest BCUT2D eigenvalue weighted by Gasteiger charge is -1.99. The predicted octanol–water partition coefficient (Wildman–Crippen LogP) is 2.79. The Morgan fingerprint density at radius 2 is 2.12 bits per heavy atom. The van der Waals surface area contributed by atoms with Gasteiger partial charge in [0.1, 0.15) is 10.1 Å². The Labute approximate surface area is 103 Å². The highest BCUT2D eigenvalue weighted by atomic mass is 32.2. The highest BCUT2D eigenvalue weighted by Gasteiger charge is 2.34. The standard InChI is InChI=1S/C9H4F3NO2S2/c10-9(11,12)6-2-1-4(15-6)3-5-7(14)13-8(16)17-5/h1-3H,(H,13,14,16)/b5-3-. The molecule has 1 amide bonds. The van der Waals surface area contributed by atoms with Crippen LogP contribution in [0.1, 0.15) is 11.5 Å². The van der Waals surface area contributed by atoms with E-state index < -0.39 is 17.8 Å². The zero-order chi connectivity index (χ0) is 12.6. The molecule has 1 saturated heterocycles. The Bertz CT molecular complexity index is 519. The van der Waals surface area contributed by atoms with Gasteiger partial charge in [-0.3, -0.25) is 4.79 Å². The molecular weight excluding hydrogens is 275 g/mol. The van der Waals surface area contributed by atoms with Crippen LogP contribution in [0.25, 0.3) is 6.08 Å². The average Bonchev–Trinajstić information content (AvgIpc) is 2.74. The van der Waals surface area contributed by atoms with Crippen LogP contribution in [0, 0.1) is 0 Å². The van der Waals surface area contributed by atoms with E-state index in [1.807, 2.05) is 0 Å². The van der Waals surface area contributed by atoms with Crippen molar-refractivity contribution in [3.8, 4) is 0 Å². The smallest absolute Gasteiger partial charge is 0.449 e. The fraction of sp³-hybridized carbons (Fsp3) is 0.111. The van der Waals surface area contributed by atoms with Crippen LogP contribution in [0.3, 0.4) is 0 Å². The van der Waals surface area contributed by atoms with Crippen molar-refractivity contribution >= 4 is 40.3 Å². The van der Waals surface area contributed by atoms with Gasteiger partial charge in [-0.15, -0.1) is 0 Å². The lowest BCUT2D eigenvalue weighted by Crippen LogP contribution is -2.17. The van der Waals surface area contributed by atoms with E-state index in [9.17, 15) is 18.0 Å². The SMILES string of the molecule is O=C1NC(=S)S/C1=C\c1ccc(C(F)(F)F)o1. The molecule has 1 aliphatic rings. The van der Waals surface area contributed by atoms with Crippen molar-refractivity contribution in [2.24, 2.45) is 0 Å². The summed E-state index contributed by atoms with van der Waals surface area (Å²) in [6.45, 7) is 0. The Balaban J connectivity index is 2.25. The van der Waals surface area contributed by atoms with E-state index in [4.69, 9.17) is 12.2 Å². The number of halogens is 3. The number of amides is 1. The number of thiocarbonyl (C=S) groups is 1. The molecule has 0 unspecified atom stereocenters. The molecule has 0 bridgehead atoms. The minimum atomic E-state index is -4.53. The summed E-state index contributed by atoms with van der Waals surface area (Å²) in [5.41, 5.74) is 0. The van der Waals surface area contributed by atoms with Gasteiger partial charge in [-0.25, -0.2) is 0 Å². The highest BCUT2D eigenvalue weighted by Crippen LogP contribution is 2.32. The molecule has 0 atom stereocenters. The topological polar surface area (TPSA) is 42.2 Å². The molecule has 0 radical (unpaired) electrons. The zero-order valence-electron chi connectivity index (χ0n) is 8.00. The molecule has 0 spiro atoms. The fourth-order valence-electron chi connectivity index (χ4n) is 1.13. The zero-order valence-corrected chi connectivity index (χ0v) is 9.63. The first kappa shape index (κ1) is 12.2. The van der Waals surface area contributed by atoms with Crippen LogP contribution in [-0.2, 0) is 11.0 Å². The molecule has 2 rings (SSSR count). The van der Waals surface area contributed by atoms with Crippen LogP contribution >= 0.6 is 24.0 Å². The van der Waals surface area contributed by atoms with E-state index >= 15 is 0 Å². The van der Waals surface area contributed by atoms with Crippen LogP contribution in [0.5, 0.6) is 0 Å². The van der Waals surface area contributed by atoms with Gasteiger partial charge >= 0.3 is 6.18 Å². The summed E-state index contributed by atoms with van der Waals surface area (Å²) < 4.78 is 41.5. The minimum Gasteiger partial charge on any atom is -0.452 e. The van der Waals surface area contributed by atoms with Gasteiger partial charge in [0, 0.05) is 6.08 Å². The normalized spacial score (nSPS) is 18.9. The Hall–Kier alpha value is -1.28. The maximum atomic E-state index is 12.2. The number of thioether (sulfide) groups is 1. The van der Waals surface area contributed by atoms with E-state index in [0.29, 0.717) is 0 Å². The van der Waals surface area contributed by atoms with Crippen molar-refractivity contribution in [3.63, 3.8) is 0 Å². The quantitative estimate of drug-likeness (QED) is 0.634. The van der Waals surface area contributed by atoms with Gasteiger partial charge in [0.2, 0.25) is 5.76 Å². The number of furan rings is 1. The number of carbonyl (C=O) groups excluding carboxylic acids is 1. The second kappa shape index (κ2) is 4.19.